The minimum atomic E-state index is -0.120. The number of piperazine rings is 1. The third-order valence-corrected chi connectivity index (χ3v) is 7.60. The van der Waals surface area contributed by atoms with E-state index in [4.69, 9.17) is 9.05 Å². The fraction of sp³-hybridized carbons (Fsp3) is 0.542. The number of hydrogen-bond acceptors (Lipinski definition) is 9. The number of hydrogen-bond donors (Lipinski definition) is 0. The van der Waals surface area contributed by atoms with E-state index in [1.54, 1.807) is 22.3 Å². The zero-order valence-electron chi connectivity index (χ0n) is 19.9. The summed E-state index contributed by atoms with van der Waals surface area (Å²) in [6, 6.07) is 5.58. The van der Waals surface area contributed by atoms with Crippen molar-refractivity contribution in [1.82, 2.24) is 30.0 Å². The highest BCUT2D eigenvalue weighted by atomic mass is 32.1. The number of aryl methyl sites for hydroxylation is 1. The number of amides is 2. The maximum absolute atomic E-state index is 12.8. The molecule has 0 aromatic carbocycles. The van der Waals surface area contributed by atoms with Crippen molar-refractivity contribution >= 4 is 23.2 Å². The number of aromatic nitrogens is 3. The second-order valence-electron chi connectivity index (χ2n) is 9.29. The van der Waals surface area contributed by atoms with E-state index in [9.17, 15) is 9.59 Å². The van der Waals surface area contributed by atoms with Crippen LogP contribution < -0.4 is 0 Å². The maximum Gasteiger partial charge on any atom is 0.276 e. The van der Waals surface area contributed by atoms with Gasteiger partial charge >= 0.3 is 0 Å². The quantitative estimate of drug-likeness (QED) is 0.489. The smallest absolute Gasteiger partial charge is 0.276 e. The molecule has 5 heterocycles. The van der Waals surface area contributed by atoms with Crippen molar-refractivity contribution in [3.05, 3.63) is 41.0 Å². The zero-order valence-corrected chi connectivity index (χ0v) is 20.7. The Labute approximate surface area is 207 Å². The van der Waals surface area contributed by atoms with Crippen molar-refractivity contribution in [2.45, 2.75) is 39.2 Å². The van der Waals surface area contributed by atoms with Crippen LogP contribution in [0.25, 0.3) is 10.6 Å². The number of nitrogens with zero attached hydrogens (tertiary/aromatic N) is 6. The molecule has 0 unspecified atom stereocenters. The first-order valence-corrected chi connectivity index (χ1v) is 13.0. The Bertz CT molecular complexity index is 1130. The molecule has 0 atom stereocenters. The van der Waals surface area contributed by atoms with E-state index in [-0.39, 0.29) is 11.8 Å². The summed E-state index contributed by atoms with van der Waals surface area (Å²) in [5.41, 5.74) is 0.332. The summed E-state index contributed by atoms with van der Waals surface area (Å²) in [7, 11) is 0. The molecular weight excluding hydrogens is 468 g/mol. The fourth-order valence-corrected chi connectivity index (χ4v) is 5.14. The molecule has 0 aliphatic carbocycles. The fourth-order valence-electron chi connectivity index (χ4n) is 4.47. The van der Waals surface area contributed by atoms with Gasteiger partial charge in [-0.05, 0) is 30.2 Å². The number of piperidine rings is 1. The predicted molar refractivity (Wildman–Crippen MR) is 129 cm³/mol. The van der Waals surface area contributed by atoms with Gasteiger partial charge in [-0.3, -0.25) is 14.5 Å². The van der Waals surface area contributed by atoms with Gasteiger partial charge in [-0.2, -0.15) is 4.98 Å². The molecule has 3 aromatic heterocycles. The molecule has 10 nitrogen and oxygen atoms in total. The van der Waals surface area contributed by atoms with Crippen LogP contribution in [0, 0.1) is 5.92 Å². The summed E-state index contributed by atoms with van der Waals surface area (Å²) in [5, 5.41) is 10.0. The van der Waals surface area contributed by atoms with E-state index in [2.05, 4.69) is 27.1 Å². The number of likely N-dealkylation sites (tertiary alicyclic amines) is 1. The lowest BCUT2D eigenvalue weighted by Gasteiger charge is -2.33. The van der Waals surface area contributed by atoms with E-state index in [0.717, 1.165) is 30.8 Å². The van der Waals surface area contributed by atoms with Crippen LogP contribution in [0.15, 0.2) is 32.6 Å². The van der Waals surface area contributed by atoms with Gasteiger partial charge in [-0.15, -0.1) is 11.3 Å². The van der Waals surface area contributed by atoms with E-state index >= 15 is 0 Å². The Balaban J connectivity index is 1.06. The summed E-state index contributed by atoms with van der Waals surface area (Å²) in [5.74, 6) is 2.46. The second-order valence-corrected chi connectivity index (χ2v) is 10.2. The largest absolute Gasteiger partial charge is 0.355 e. The normalized spacial score (nSPS) is 17.7. The second kappa shape index (κ2) is 10.7. The average molecular weight is 499 g/mol. The van der Waals surface area contributed by atoms with Crippen LogP contribution in [0.1, 0.15) is 48.4 Å². The molecule has 0 saturated carbocycles. The molecule has 2 saturated heterocycles. The van der Waals surface area contributed by atoms with Gasteiger partial charge in [0, 0.05) is 58.2 Å². The number of thiophene rings is 1. The van der Waals surface area contributed by atoms with Crippen LogP contribution >= 0.6 is 11.3 Å². The van der Waals surface area contributed by atoms with Crippen molar-refractivity contribution in [1.29, 1.82) is 0 Å². The Morgan fingerprint density at radius 1 is 1.06 bits per heavy atom. The maximum atomic E-state index is 12.8. The topological polar surface area (TPSA) is 109 Å². The highest BCUT2D eigenvalue weighted by Crippen LogP contribution is 2.25. The molecule has 2 fully saturated rings. The summed E-state index contributed by atoms with van der Waals surface area (Å²) in [4.78, 5) is 36.6. The molecule has 0 spiro atoms. The molecule has 11 heteroatoms. The van der Waals surface area contributed by atoms with Crippen molar-refractivity contribution in [3.63, 3.8) is 0 Å². The minimum Gasteiger partial charge on any atom is -0.355 e. The molecule has 186 valence electrons. The van der Waals surface area contributed by atoms with Crippen molar-refractivity contribution in [2.24, 2.45) is 5.92 Å². The van der Waals surface area contributed by atoms with Crippen LogP contribution in [0.3, 0.4) is 0 Å². The summed E-state index contributed by atoms with van der Waals surface area (Å²) in [6.07, 6.45) is 3.01. The molecule has 2 amide bonds. The number of rotatable bonds is 7. The van der Waals surface area contributed by atoms with Gasteiger partial charge in [-0.25, -0.2) is 0 Å². The van der Waals surface area contributed by atoms with Gasteiger partial charge in [0.05, 0.1) is 11.4 Å². The predicted octanol–water partition coefficient (Wildman–Crippen LogP) is 2.94. The van der Waals surface area contributed by atoms with E-state index in [0.29, 0.717) is 74.7 Å². The SMILES string of the molecule is CC1CCN(C(=O)CCc2nc(CN3CCN(C(=O)c4cc(-c5cccs5)on4)CC3)no2)CC1. The van der Waals surface area contributed by atoms with Gasteiger partial charge in [-0.1, -0.05) is 23.3 Å². The third kappa shape index (κ3) is 5.79. The average Bonchev–Trinajstić information content (AvgIpc) is 3.65. The Hall–Kier alpha value is -3.05. The molecule has 35 heavy (non-hydrogen) atoms. The van der Waals surface area contributed by atoms with Crippen LogP contribution in [-0.2, 0) is 17.8 Å². The standard InChI is InChI=1S/C24H30N6O4S/c1-17-6-8-29(9-7-17)23(31)5-4-22-25-21(27-34-22)16-28-10-12-30(13-11-28)24(32)18-15-19(33-26-18)20-3-2-14-35-20/h2-3,14-15,17H,4-13,16H2,1H3. The molecule has 3 aromatic rings. The highest BCUT2D eigenvalue weighted by molar-refractivity contribution is 7.13. The summed E-state index contributed by atoms with van der Waals surface area (Å²) < 4.78 is 10.7. The van der Waals surface area contributed by atoms with Crippen LogP contribution in [0.4, 0.5) is 0 Å². The Morgan fingerprint density at radius 3 is 2.60 bits per heavy atom. The lowest BCUT2D eigenvalue weighted by molar-refractivity contribution is -0.132. The zero-order chi connectivity index (χ0) is 24.2. The Kier molecular flexibility index (Phi) is 7.24. The molecule has 0 radical (unpaired) electrons. The van der Waals surface area contributed by atoms with E-state index in [1.165, 1.54) is 0 Å². The lowest BCUT2D eigenvalue weighted by atomic mass is 9.99. The molecule has 2 aliphatic rings. The molecule has 0 N–H and O–H groups in total. The Morgan fingerprint density at radius 2 is 1.86 bits per heavy atom. The van der Waals surface area contributed by atoms with Gasteiger partial charge in [0.25, 0.3) is 5.91 Å². The molecule has 0 bridgehead atoms. The van der Waals surface area contributed by atoms with Gasteiger partial charge in [0.1, 0.15) is 0 Å². The summed E-state index contributed by atoms with van der Waals surface area (Å²) >= 11 is 1.55. The van der Waals surface area contributed by atoms with Crippen LogP contribution in [0.2, 0.25) is 0 Å². The molecule has 5 rings (SSSR count). The molecular formula is C24H30N6O4S. The van der Waals surface area contributed by atoms with Crippen molar-refractivity contribution in [3.8, 4) is 10.6 Å². The third-order valence-electron chi connectivity index (χ3n) is 6.72. The highest BCUT2D eigenvalue weighted by Gasteiger charge is 2.26. The van der Waals surface area contributed by atoms with Crippen LogP contribution in [0.5, 0.6) is 0 Å². The van der Waals surface area contributed by atoms with Gasteiger partial charge < -0.3 is 18.8 Å². The first kappa shape index (κ1) is 23.7. The van der Waals surface area contributed by atoms with Crippen molar-refractivity contribution in [2.75, 3.05) is 39.3 Å². The van der Waals surface area contributed by atoms with Gasteiger partial charge in [0.15, 0.2) is 17.3 Å². The van der Waals surface area contributed by atoms with Gasteiger partial charge in [0.2, 0.25) is 11.8 Å². The first-order chi connectivity index (χ1) is 17.0. The van der Waals surface area contributed by atoms with E-state index in [1.807, 2.05) is 22.4 Å². The lowest BCUT2D eigenvalue weighted by Crippen LogP contribution is -2.48. The van der Waals surface area contributed by atoms with Crippen LogP contribution in [-0.4, -0.2) is 81.1 Å². The molecule has 2 aliphatic heterocycles. The number of carbonyl (C=O) groups is 2. The number of carbonyl (C=O) groups excluding carboxylic acids is 2. The van der Waals surface area contributed by atoms with E-state index < -0.39 is 0 Å². The van der Waals surface area contributed by atoms with Crippen molar-refractivity contribution < 1.29 is 18.6 Å². The summed E-state index contributed by atoms with van der Waals surface area (Å²) in [6.45, 7) is 7.07. The minimum absolute atomic E-state index is 0.120. The monoisotopic (exact) mass is 498 g/mol. The first-order valence-electron chi connectivity index (χ1n) is 12.2.